The summed E-state index contributed by atoms with van der Waals surface area (Å²) in [5.41, 5.74) is 3.73. The Morgan fingerprint density at radius 1 is 1.03 bits per heavy atom. The molecule has 1 N–H and O–H groups in total. The third-order valence-electron chi connectivity index (χ3n) is 5.20. The van der Waals surface area contributed by atoms with Crippen LogP contribution in [-0.4, -0.2) is 34.3 Å². The topological polar surface area (TPSA) is 82.8 Å². The van der Waals surface area contributed by atoms with Crippen LogP contribution in [0.5, 0.6) is 17.2 Å². The molecule has 3 aromatic carbocycles. The SMILES string of the molecule is O=C(O)COc1cc2c(cc1-c1cc(-c3ccc(F)cc3)n(Cc3ccccc3)n1)OCO2. The Labute approximate surface area is 188 Å². The minimum absolute atomic E-state index is 0.0699. The van der Waals surface area contributed by atoms with Crippen molar-refractivity contribution in [2.24, 2.45) is 0 Å². The van der Waals surface area contributed by atoms with E-state index in [1.807, 2.05) is 41.1 Å². The monoisotopic (exact) mass is 446 g/mol. The summed E-state index contributed by atoms with van der Waals surface area (Å²) in [5, 5.41) is 13.9. The van der Waals surface area contributed by atoms with Gasteiger partial charge in [-0.25, -0.2) is 9.18 Å². The van der Waals surface area contributed by atoms with E-state index in [0.29, 0.717) is 35.1 Å². The van der Waals surface area contributed by atoms with Crippen LogP contribution in [0.2, 0.25) is 0 Å². The first-order valence-corrected chi connectivity index (χ1v) is 10.2. The van der Waals surface area contributed by atoms with Crippen LogP contribution in [0.3, 0.4) is 0 Å². The Hall–Kier alpha value is -4.33. The van der Waals surface area contributed by atoms with E-state index in [9.17, 15) is 9.18 Å². The van der Waals surface area contributed by atoms with E-state index in [2.05, 4.69) is 0 Å². The summed E-state index contributed by atoms with van der Waals surface area (Å²) in [6.45, 7) is 0.0477. The summed E-state index contributed by atoms with van der Waals surface area (Å²) >= 11 is 0. The van der Waals surface area contributed by atoms with Gasteiger partial charge < -0.3 is 19.3 Å². The number of benzene rings is 3. The van der Waals surface area contributed by atoms with Gasteiger partial charge in [0.1, 0.15) is 11.6 Å². The van der Waals surface area contributed by atoms with E-state index in [1.165, 1.54) is 12.1 Å². The molecule has 0 amide bonds. The third kappa shape index (κ3) is 4.36. The standard InChI is InChI=1S/C25H19FN2O5/c26-18-8-6-17(7-9-18)21-11-20(27-28(21)13-16-4-2-1-3-5-16)19-10-23-24(33-15-32-23)12-22(19)31-14-25(29)30/h1-12H,13-15H2,(H,29,30). The zero-order chi connectivity index (χ0) is 22.8. The molecule has 1 aliphatic rings. The van der Waals surface area contributed by atoms with Crippen molar-refractivity contribution in [3.63, 3.8) is 0 Å². The summed E-state index contributed by atoms with van der Waals surface area (Å²) in [5.74, 6) is -0.111. The molecule has 2 heterocycles. The molecule has 0 unspecified atom stereocenters. The van der Waals surface area contributed by atoms with Gasteiger partial charge in [-0.2, -0.15) is 5.10 Å². The fourth-order valence-corrected chi connectivity index (χ4v) is 3.66. The Kier molecular flexibility index (Phi) is 5.40. The van der Waals surface area contributed by atoms with Crippen molar-refractivity contribution in [3.8, 4) is 39.8 Å². The van der Waals surface area contributed by atoms with E-state index in [0.717, 1.165) is 16.8 Å². The molecule has 5 rings (SSSR count). The Morgan fingerprint density at radius 3 is 2.48 bits per heavy atom. The lowest BCUT2D eigenvalue weighted by molar-refractivity contribution is -0.139. The molecule has 7 nitrogen and oxygen atoms in total. The number of hydrogen-bond acceptors (Lipinski definition) is 5. The molecule has 8 heteroatoms. The van der Waals surface area contributed by atoms with Crippen LogP contribution in [0, 0.1) is 5.82 Å². The van der Waals surface area contributed by atoms with Crippen LogP contribution in [0.4, 0.5) is 4.39 Å². The maximum absolute atomic E-state index is 13.5. The molecule has 33 heavy (non-hydrogen) atoms. The first-order chi connectivity index (χ1) is 16.1. The highest BCUT2D eigenvalue weighted by atomic mass is 19.1. The van der Waals surface area contributed by atoms with Crippen molar-refractivity contribution in [2.75, 3.05) is 13.4 Å². The number of fused-ring (bicyclic) bond motifs is 1. The summed E-state index contributed by atoms with van der Waals surface area (Å²) in [7, 11) is 0. The number of aliphatic carboxylic acids is 1. The van der Waals surface area contributed by atoms with Gasteiger partial charge in [-0.3, -0.25) is 4.68 Å². The number of halogens is 1. The zero-order valence-electron chi connectivity index (χ0n) is 17.4. The van der Waals surface area contributed by atoms with E-state index >= 15 is 0 Å². The average Bonchev–Trinajstić information content (AvgIpc) is 3.45. The molecular weight excluding hydrogens is 427 g/mol. The van der Waals surface area contributed by atoms with Gasteiger partial charge in [-0.05, 0) is 42.0 Å². The quantitative estimate of drug-likeness (QED) is 0.447. The lowest BCUT2D eigenvalue weighted by Gasteiger charge is -2.10. The molecule has 0 aliphatic carbocycles. The van der Waals surface area contributed by atoms with Gasteiger partial charge in [-0.1, -0.05) is 30.3 Å². The van der Waals surface area contributed by atoms with Gasteiger partial charge in [0.25, 0.3) is 0 Å². The molecule has 0 spiro atoms. The number of nitrogens with zero attached hydrogens (tertiary/aromatic N) is 2. The average molecular weight is 446 g/mol. The lowest BCUT2D eigenvalue weighted by atomic mass is 10.1. The van der Waals surface area contributed by atoms with Crippen molar-refractivity contribution in [1.29, 1.82) is 0 Å². The van der Waals surface area contributed by atoms with E-state index in [-0.39, 0.29) is 12.6 Å². The Bertz CT molecular complexity index is 1300. The second-order valence-corrected chi connectivity index (χ2v) is 7.45. The second kappa shape index (κ2) is 8.66. The fourth-order valence-electron chi connectivity index (χ4n) is 3.66. The molecule has 0 saturated heterocycles. The summed E-state index contributed by atoms with van der Waals surface area (Å²) in [4.78, 5) is 11.1. The number of hydrogen-bond donors (Lipinski definition) is 1. The van der Waals surface area contributed by atoms with Gasteiger partial charge in [0.15, 0.2) is 18.1 Å². The number of carboxylic acid groups (broad SMARTS) is 1. The lowest BCUT2D eigenvalue weighted by Crippen LogP contribution is -2.10. The first kappa shape index (κ1) is 20.6. The van der Waals surface area contributed by atoms with Crippen LogP contribution >= 0.6 is 0 Å². The van der Waals surface area contributed by atoms with Crippen LogP contribution in [-0.2, 0) is 11.3 Å². The molecule has 0 saturated carbocycles. The van der Waals surface area contributed by atoms with Crippen molar-refractivity contribution in [1.82, 2.24) is 9.78 Å². The smallest absolute Gasteiger partial charge is 0.341 e. The number of carboxylic acids is 1. The molecule has 0 radical (unpaired) electrons. The summed E-state index contributed by atoms with van der Waals surface area (Å²) in [6, 6.07) is 21.2. The number of ether oxygens (including phenoxy) is 3. The second-order valence-electron chi connectivity index (χ2n) is 7.45. The van der Waals surface area contributed by atoms with Gasteiger partial charge >= 0.3 is 5.97 Å². The maximum atomic E-state index is 13.5. The normalized spacial score (nSPS) is 12.0. The number of carbonyl (C=O) groups is 1. The summed E-state index contributed by atoms with van der Waals surface area (Å²) in [6.07, 6.45) is 0. The van der Waals surface area contributed by atoms with Gasteiger partial charge in [-0.15, -0.1) is 0 Å². The maximum Gasteiger partial charge on any atom is 0.341 e. The van der Waals surface area contributed by atoms with Crippen molar-refractivity contribution in [3.05, 3.63) is 84.2 Å². The van der Waals surface area contributed by atoms with Crippen molar-refractivity contribution >= 4 is 5.97 Å². The van der Waals surface area contributed by atoms with Crippen LogP contribution in [0.25, 0.3) is 22.5 Å². The molecule has 4 aromatic rings. The Morgan fingerprint density at radius 2 is 1.76 bits per heavy atom. The van der Waals surface area contributed by atoms with Gasteiger partial charge in [0, 0.05) is 17.2 Å². The minimum atomic E-state index is -1.10. The van der Waals surface area contributed by atoms with Crippen LogP contribution in [0.15, 0.2) is 72.8 Å². The van der Waals surface area contributed by atoms with Crippen LogP contribution in [0.1, 0.15) is 5.56 Å². The minimum Gasteiger partial charge on any atom is -0.481 e. The predicted octanol–water partition coefficient (Wildman–Crippen LogP) is 4.60. The largest absolute Gasteiger partial charge is 0.481 e. The van der Waals surface area contributed by atoms with E-state index in [1.54, 1.807) is 24.3 Å². The molecule has 0 atom stereocenters. The first-order valence-electron chi connectivity index (χ1n) is 10.2. The number of rotatable bonds is 7. The van der Waals surface area contributed by atoms with Gasteiger partial charge in [0.2, 0.25) is 6.79 Å². The van der Waals surface area contributed by atoms with E-state index in [4.69, 9.17) is 24.4 Å². The third-order valence-corrected chi connectivity index (χ3v) is 5.20. The molecule has 0 fully saturated rings. The summed E-state index contributed by atoms with van der Waals surface area (Å²) < 4.78 is 31.8. The van der Waals surface area contributed by atoms with Gasteiger partial charge in [0.05, 0.1) is 17.9 Å². The molecule has 166 valence electrons. The van der Waals surface area contributed by atoms with E-state index < -0.39 is 12.6 Å². The predicted molar refractivity (Wildman–Crippen MR) is 118 cm³/mol. The zero-order valence-corrected chi connectivity index (χ0v) is 17.4. The highest BCUT2D eigenvalue weighted by Crippen LogP contribution is 2.43. The van der Waals surface area contributed by atoms with Crippen LogP contribution < -0.4 is 14.2 Å². The molecule has 1 aromatic heterocycles. The van der Waals surface area contributed by atoms with Crippen molar-refractivity contribution < 1.29 is 28.5 Å². The Balaban J connectivity index is 1.62. The number of aromatic nitrogens is 2. The van der Waals surface area contributed by atoms with Crippen molar-refractivity contribution in [2.45, 2.75) is 6.54 Å². The molecule has 0 bridgehead atoms. The molecular formula is C25H19FN2O5. The highest BCUT2D eigenvalue weighted by Gasteiger charge is 2.22. The fraction of sp³-hybridized carbons (Fsp3) is 0.120. The molecule has 1 aliphatic heterocycles. The highest BCUT2D eigenvalue weighted by molar-refractivity contribution is 5.76.